The lowest BCUT2D eigenvalue weighted by Gasteiger charge is -2.11. The standard InChI is InChI=1S/C47H32N2O3S/c1-30(32-13-5-3-6-14-32)48-47(49-31(2)33-23-25-35(26-24-33)34-15-7-4-8-16-34)39-19-12-21-42-46(39)45-37(18-11-20-41(45)52-42)36-27-28-44-40(29-36)38-17-9-10-22-43(38)53(44,50)51/h3-29H,1H2,2H3. The van der Waals surface area contributed by atoms with E-state index in [1.54, 1.807) is 18.2 Å². The Morgan fingerprint density at radius 2 is 1.13 bits per heavy atom. The fraction of sp³-hybridized carbons (Fsp3) is 0.0213. The maximum Gasteiger partial charge on any atom is 0.207 e. The van der Waals surface area contributed by atoms with Crippen molar-refractivity contribution in [3.05, 3.63) is 187 Å². The van der Waals surface area contributed by atoms with E-state index in [0.29, 0.717) is 43.6 Å². The van der Waals surface area contributed by atoms with Gasteiger partial charge in [0.05, 0.1) is 15.5 Å². The number of sulfone groups is 1. The molecule has 0 saturated carbocycles. The highest BCUT2D eigenvalue weighted by Crippen LogP contribution is 2.46. The van der Waals surface area contributed by atoms with Crippen LogP contribution in [0.3, 0.4) is 0 Å². The Bertz CT molecular complexity index is 2910. The van der Waals surface area contributed by atoms with Crippen molar-refractivity contribution >= 4 is 49.0 Å². The Balaban J connectivity index is 1.23. The van der Waals surface area contributed by atoms with Crippen LogP contribution in [0.5, 0.6) is 0 Å². The lowest BCUT2D eigenvalue weighted by Crippen LogP contribution is -2.05. The summed E-state index contributed by atoms with van der Waals surface area (Å²) in [6.45, 7) is 6.34. The number of furan rings is 1. The van der Waals surface area contributed by atoms with E-state index in [0.717, 1.165) is 55.4 Å². The van der Waals surface area contributed by atoms with Gasteiger partial charge in [0.2, 0.25) is 9.84 Å². The van der Waals surface area contributed by atoms with E-state index in [2.05, 4.69) is 43.0 Å². The number of aliphatic imine (C=N–C) groups is 2. The van der Waals surface area contributed by atoms with Crippen molar-refractivity contribution in [3.8, 4) is 33.4 Å². The Hall–Kier alpha value is -6.63. The SMILES string of the molecule is C=C(N=C(N=C(C)c1ccc(-c2ccccc2)cc1)c1cccc2oc3cccc(-c4ccc5c(c4)-c4ccccc4S5(=O)=O)c3c12)c1ccccc1. The number of amidine groups is 1. The third-order valence-electron chi connectivity index (χ3n) is 9.84. The van der Waals surface area contributed by atoms with Crippen LogP contribution in [-0.2, 0) is 9.84 Å². The van der Waals surface area contributed by atoms with Crippen LogP contribution in [0.1, 0.15) is 23.6 Å². The van der Waals surface area contributed by atoms with Crippen molar-refractivity contribution in [2.45, 2.75) is 16.7 Å². The summed E-state index contributed by atoms with van der Waals surface area (Å²) in [7, 11) is -3.59. The zero-order chi connectivity index (χ0) is 36.1. The van der Waals surface area contributed by atoms with E-state index in [1.807, 2.05) is 116 Å². The number of benzene rings is 7. The molecule has 0 radical (unpaired) electrons. The highest BCUT2D eigenvalue weighted by Gasteiger charge is 2.33. The molecule has 6 heteroatoms. The number of nitrogens with zero attached hydrogens (tertiary/aromatic N) is 2. The fourth-order valence-corrected chi connectivity index (χ4v) is 8.87. The molecule has 0 bridgehead atoms. The normalized spacial score (nSPS) is 13.6. The molecular weight excluding hydrogens is 673 g/mol. The fourth-order valence-electron chi connectivity index (χ4n) is 7.20. The van der Waals surface area contributed by atoms with Crippen LogP contribution in [0.25, 0.3) is 61.0 Å². The molecular formula is C47H32N2O3S. The van der Waals surface area contributed by atoms with E-state index in [4.69, 9.17) is 14.4 Å². The molecule has 1 aliphatic heterocycles. The molecule has 0 amide bonds. The van der Waals surface area contributed by atoms with Crippen molar-refractivity contribution in [1.29, 1.82) is 0 Å². The summed E-state index contributed by atoms with van der Waals surface area (Å²) in [5, 5.41) is 1.76. The second kappa shape index (κ2) is 12.9. The topological polar surface area (TPSA) is 72.0 Å². The van der Waals surface area contributed by atoms with Crippen molar-refractivity contribution in [2.24, 2.45) is 9.98 Å². The number of hydrogen-bond acceptors (Lipinski definition) is 4. The van der Waals surface area contributed by atoms with Crippen LogP contribution in [0.2, 0.25) is 0 Å². The Labute approximate surface area is 307 Å². The Morgan fingerprint density at radius 3 is 1.91 bits per heavy atom. The molecule has 0 atom stereocenters. The zero-order valence-electron chi connectivity index (χ0n) is 28.8. The molecule has 0 saturated heterocycles. The molecule has 53 heavy (non-hydrogen) atoms. The quantitative estimate of drug-likeness (QED) is 0.128. The summed E-state index contributed by atoms with van der Waals surface area (Å²) in [6, 6.07) is 53.2. The molecule has 5 nitrogen and oxygen atoms in total. The predicted molar refractivity (Wildman–Crippen MR) is 216 cm³/mol. The van der Waals surface area contributed by atoms with E-state index in [9.17, 15) is 8.42 Å². The minimum atomic E-state index is -3.59. The molecule has 254 valence electrons. The molecule has 2 heterocycles. The Morgan fingerprint density at radius 1 is 0.528 bits per heavy atom. The average Bonchev–Trinajstić information content (AvgIpc) is 3.70. The molecule has 7 aromatic carbocycles. The largest absolute Gasteiger partial charge is 0.456 e. The van der Waals surface area contributed by atoms with Gasteiger partial charge in [-0.2, -0.15) is 0 Å². The highest BCUT2D eigenvalue weighted by atomic mass is 32.2. The van der Waals surface area contributed by atoms with Gasteiger partial charge in [-0.25, -0.2) is 18.4 Å². The molecule has 1 aromatic heterocycles. The molecule has 1 aliphatic rings. The van der Waals surface area contributed by atoms with Gasteiger partial charge in [0.15, 0.2) is 5.84 Å². The molecule has 0 unspecified atom stereocenters. The Kier molecular flexibility index (Phi) is 7.83. The van der Waals surface area contributed by atoms with Crippen LogP contribution in [0.15, 0.2) is 195 Å². The van der Waals surface area contributed by atoms with Crippen LogP contribution in [-0.4, -0.2) is 20.0 Å². The van der Waals surface area contributed by atoms with Crippen LogP contribution >= 0.6 is 0 Å². The van der Waals surface area contributed by atoms with E-state index in [-0.39, 0.29) is 0 Å². The summed E-state index contributed by atoms with van der Waals surface area (Å²) in [5.41, 5.74) is 10.9. The number of hydrogen-bond donors (Lipinski definition) is 0. The minimum absolute atomic E-state index is 0.322. The number of rotatable bonds is 6. The minimum Gasteiger partial charge on any atom is -0.456 e. The maximum absolute atomic E-state index is 13.4. The van der Waals surface area contributed by atoms with Crippen LogP contribution in [0.4, 0.5) is 0 Å². The maximum atomic E-state index is 13.4. The first kappa shape index (κ1) is 32.3. The highest BCUT2D eigenvalue weighted by molar-refractivity contribution is 7.92. The molecule has 8 aromatic rings. The molecule has 0 aliphatic carbocycles. The summed E-state index contributed by atoms with van der Waals surface area (Å²) in [4.78, 5) is 11.0. The van der Waals surface area contributed by atoms with Gasteiger partial charge in [-0.1, -0.05) is 140 Å². The monoisotopic (exact) mass is 704 g/mol. The van der Waals surface area contributed by atoms with Gasteiger partial charge in [0, 0.05) is 33.2 Å². The van der Waals surface area contributed by atoms with E-state index < -0.39 is 9.84 Å². The first-order valence-electron chi connectivity index (χ1n) is 17.3. The van der Waals surface area contributed by atoms with Gasteiger partial charge in [0.25, 0.3) is 0 Å². The summed E-state index contributed by atoms with van der Waals surface area (Å²) < 4.78 is 33.3. The molecule has 0 N–H and O–H groups in total. The van der Waals surface area contributed by atoms with Crippen molar-refractivity contribution in [3.63, 3.8) is 0 Å². The van der Waals surface area contributed by atoms with Crippen LogP contribution < -0.4 is 0 Å². The van der Waals surface area contributed by atoms with Crippen molar-refractivity contribution in [1.82, 2.24) is 0 Å². The first-order valence-corrected chi connectivity index (χ1v) is 18.8. The zero-order valence-corrected chi connectivity index (χ0v) is 29.6. The lowest BCUT2D eigenvalue weighted by atomic mass is 9.94. The summed E-state index contributed by atoms with van der Waals surface area (Å²) in [6.07, 6.45) is 0. The van der Waals surface area contributed by atoms with E-state index in [1.165, 1.54) is 0 Å². The van der Waals surface area contributed by atoms with Gasteiger partial charge in [-0.05, 0) is 70.6 Å². The van der Waals surface area contributed by atoms with Crippen molar-refractivity contribution in [2.75, 3.05) is 0 Å². The first-order chi connectivity index (χ1) is 25.9. The number of fused-ring (bicyclic) bond motifs is 6. The third-order valence-corrected chi connectivity index (χ3v) is 11.7. The van der Waals surface area contributed by atoms with Gasteiger partial charge in [-0.3, -0.25) is 0 Å². The molecule has 0 fully saturated rings. The lowest BCUT2D eigenvalue weighted by molar-refractivity contribution is 0.598. The smallest absolute Gasteiger partial charge is 0.207 e. The van der Waals surface area contributed by atoms with Gasteiger partial charge in [0.1, 0.15) is 11.2 Å². The predicted octanol–water partition coefficient (Wildman–Crippen LogP) is 11.7. The van der Waals surface area contributed by atoms with Gasteiger partial charge < -0.3 is 4.42 Å². The molecule has 9 rings (SSSR count). The van der Waals surface area contributed by atoms with Crippen molar-refractivity contribution < 1.29 is 12.8 Å². The third kappa shape index (κ3) is 5.61. The average molecular weight is 705 g/mol. The van der Waals surface area contributed by atoms with Crippen LogP contribution in [0, 0.1) is 0 Å². The second-order valence-electron chi connectivity index (χ2n) is 13.1. The second-order valence-corrected chi connectivity index (χ2v) is 14.9. The summed E-state index contributed by atoms with van der Waals surface area (Å²) in [5.74, 6) is 0.501. The van der Waals surface area contributed by atoms with E-state index >= 15 is 0 Å². The summed E-state index contributed by atoms with van der Waals surface area (Å²) >= 11 is 0. The van der Waals surface area contributed by atoms with Gasteiger partial charge in [-0.15, -0.1) is 0 Å². The van der Waals surface area contributed by atoms with Gasteiger partial charge >= 0.3 is 0 Å². The molecule has 0 spiro atoms.